The van der Waals surface area contributed by atoms with Gasteiger partial charge in [0.15, 0.2) is 6.61 Å². The summed E-state index contributed by atoms with van der Waals surface area (Å²) in [7, 11) is 0. The number of rotatable bonds is 9. The Morgan fingerprint density at radius 3 is 2.32 bits per heavy atom. The Balaban J connectivity index is 2.26. The third-order valence-corrected chi connectivity index (χ3v) is 5.20. The van der Waals surface area contributed by atoms with Crippen LogP contribution in [-0.4, -0.2) is 35.4 Å². The second-order valence-electron chi connectivity index (χ2n) is 8.23. The van der Waals surface area contributed by atoms with Crippen LogP contribution in [0.3, 0.4) is 0 Å². The zero-order valence-corrected chi connectivity index (χ0v) is 19.3. The molecule has 0 aliphatic carbocycles. The second kappa shape index (κ2) is 10.9. The fourth-order valence-electron chi connectivity index (χ4n) is 3.46. The predicted molar refractivity (Wildman–Crippen MR) is 120 cm³/mol. The monoisotopic (exact) mass is 428 g/mol. The molecule has 0 aliphatic heterocycles. The number of aryl methyl sites for hydroxylation is 2. The van der Waals surface area contributed by atoms with Crippen LogP contribution in [0.1, 0.15) is 49.4 Å². The van der Waals surface area contributed by atoms with E-state index in [0.29, 0.717) is 12.2 Å². The van der Waals surface area contributed by atoms with Crippen LogP contribution in [0.25, 0.3) is 0 Å². The van der Waals surface area contributed by atoms with Gasteiger partial charge in [0.2, 0.25) is 5.91 Å². The van der Waals surface area contributed by atoms with Crippen LogP contribution in [0.2, 0.25) is 0 Å². The highest BCUT2D eigenvalue weighted by Gasteiger charge is 2.29. The molecule has 0 aromatic heterocycles. The Morgan fingerprint density at radius 2 is 1.74 bits per heavy atom. The summed E-state index contributed by atoms with van der Waals surface area (Å²) in [6.07, 6.45) is 0.452. The van der Waals surface area contributed by atoms with E-state index in [1.165, 1.54) is 17.0 Å². The number of amides is 2. The van der Waals surface area contributed by atoms with Gasteiger partial charge in [-0.15, -0.1) is 0 Å². The van der Waals surface area contributed by atoms with Crippen LogP contribution in [0, 0.1) is 26.6 Å². The quantitative estimate of drug-likeness (QED) is 0.641. The van der Waals surface area contributed by atoms with Gasteiger partial charge in [-0.2, -0.15) is 0 Å². The van der Waals surface area contributed by atoms with Gasteiger partial charge >= 0.3 is 0 Å². The highest BCUT2D eigenvalue weighted by Crippen LogP contribution is 2.23. The summed E-state index contributed by atoms with van der Waals surface area (Å²) in [6, 6.07) is 9.22. The molecule has 0 spiro atoms. The third kappa shape index (κ3) is 6.81. The van der Waals surface area contributed by atoms with E-state index in [1.807, 2.05) is 47.6 Å². The Labute approximate surface area is 184 Å². The first kappa shape index (κ1) is 24.4. The lowest BCUT2D eigenvalue weighted by atomic mass is 10.1. The molecule has 31 heavy (non-hydrogen) atoms. The normalized spacial score (nSPS) is 11.9. The van der Waals surface area contributed by atoms with Crippen molar-refractivity contribution in [1.82, 2.24) is 10.2 Å². The van der Waals surface area contributed by atoms with Crippen LogP contribution in [0.5, 0.6) is 5.75 Å². The van der Waals surface area contributed by atoms with Gasteiger partial charge < -0.3 is 15.0 Å². The molecule has 0 fully saturated rings. The van der Waals surface area contributed by atoms with E-state index in [9.17, 15) is 14.0 Å². The van der Waals surface area contributed by atoms with Crippen LogP contribution < -0.4 is 10.1 Å². The molecule has 0 aliphatic rings. The molecule has 2 rings (SSSR count). The first-order valence-corrected chi connectivity index (χ1v) is 10.7. The van der Waals surface area contributed by atoms with Gasteiger partial charge in [-0.05, 0) is 81.5 Å². The van der Waals surface area contributed by atoms with Crippen molar-refractivity contribution in [3.8, 4) is 5.75 Å². The Kier molecular flexibility index (Phi) is 8.60. The van der Waals surface area contributed by atoms with Crippen molar-refractivity contribution in [3.63, 3.8) is 0 Å². The van der Waals surface area contributed by atoms with Gasteiger partial charge in [-0.1, -0.05) is 25.1 Å². The maximum Gasteiger partial charge on any atom is 0.261 e. The smallest absolute Gasteiger partial charge is 0.261 e. The first-order chi connectivity index (χ1) is 14.6. The van der Waals surface area contributed by atoms with E-state index in [-0.39, 0.29) is 36.8 Å². The number of benzene rings is 2. The highest BCUT2D eigenvalue weighted by molar-refractivity contribution is 5.88. The molecule has 1 atom stereocenters. The number of nitrogens with zero attached hydrogens (tertiary/aromatic N) is 1. The van der Waals surface area contributed by atoms with Gasteiger partial charge in [-0.25, -0.2) is 4.39 Å². The summed E-state index contributed by atoms with van der Waals surface area (Å²) in [4.78, 5) is 27.5. The van der Waals surface area contributed by atoms with Gasteiger partial charge in [0.25, 0.3) is 5.91 Å². The maximum atomic E-state index is 13.3. The molecule has 6 heteroatoms. The molecule has 2 aromatic carbocycles. The minimum absolute atomic E-state index is 0.0431. The van der Waals surface area contributed by atoms with Crippen LogP contribution >= 0.6 is 0 Å². The van der Waals surface area contributed by atoms with Crippen molar-refractivity contribution in [1.29, 1.82) is 0 Å². The minimum Gasteiger partial charge on any atom is -0.483 e. The molecule has 0 saturated carbocycles. The molecule has 5 nitrogen and oxygen atoms in total. The molecule has 0 heterocycles. The number of hydrogen-bond acceptors (Lipinski definition) is 3. The average Bonchev–Trinajstić information content (AvgIpc) is 2.70. The summed E-state index contributed by atoms with van der Waals surface area (Å²) in [5.41, 5.74) is 3.87. The molecule has 2 amide bonds. The van der Waals surface area contributed by atoms with Crippen LogP contribution in [0.15, 0.2) is 36.4 Å². The van der Waals surface area contributed by atoms with E-state index in [1.54, 1.807) is 12.1 Å². The van der Waals surface area contributed by atoms with E-state index < -0.39 is 6.04 Å². The topological polar surface area (TPSA) is 58.6 Å². The van der Waals surface area contributed by atoms with Crippen molar-refractivity contribution >= 4 is 11.8 Å². The predicted octanol–water partition coefficient (Wildman–Crippen LogP) is 4.46. The number of carbonyl (C=O) groups is 2. The van der Waals surface area contributed by atoms with E-state index in [2.05, 4.69) is 11.4 Å². The number of halogens is 1. The van der Waals surface area contributed by atoms with Crippen molar-refractivity contribution < 1.29 is 18.7 Å². The molecule has 0 saturated heterocycles. The third-order valence-electron chi connectivity index (χ3n) is 5.20. The number of carbonyl (C=O) groups excluding carboxylic acids is 2. The van der Waals surface area contributed by atoms with Crippen molar-refractivity contribution in [2.75, 3.05) is 6.61 Å². The molecule has 0 unspecified atom stereocenters. The fraction of sp³-hybridized carbons (Fsp3) is 0.440. The number of ether oxygens (including phenoxy) is 1. The number of hydrogen-bond donors (Lipinski definition) is 1. The lowest BCUT2D eigenvalue weighted by molar-refractivity contribution is -0.143. The number of nitrogens with one attached hydrogen (secondary N) is 1. The van der Waals surface area contributed by atoms with E-state index >= 15 is 0 Å². The lowest BCUT2D eigenvalue weighted by Gasteiger charge is -2.31. The molecule has 0 bridgehead atoms. The molecule has 1 N–H and O–H groups in total. The van der Waals surface area contributed by atoms with Crippen LogP contribution in [0.4, 0.5) is 4.39 Å². The van der Waals surface area contributed by atoms with Gasteiger partial charge in [0.1, 0.15) is 17.6 Å². The Morgan fingerprint density at radius 1 is 1.10 bits per heavy atom. The molecule has 168 valence electrons. The molecule has 0 radical (unpaired) electrons. The summed E-state index contributed by atoms with van der Waals surface area (Å²) in [6.45, 7) is 11.6. The largest absolute Gasteiger partial charge is 0.483 e. The average molecular weight is 429 g/mol. The molecular formula is C25H33FN2O3. The van der Waals surface area contributed by atoms with Crippen molar-refractivity contribution in [2.45, 2.75) is 66.6 Å². The summed E-state index contributed by atoms with van der Waals surface area (Å²) < 4.78 is 19.2. The van der Waals surface area contributed by atoms with Crippen molar-refractivity contribution in [3.05, 3.63) is 64.5 Å². The van der Waals surface area contributed by atoms with Gasteiger partial charge in [0.05, 0.1) is 0 Å². The fourth-order valence-corrected chi connectivity index (χ4v) is 3.46. The standard InChI is InChI=1S/C25H33FN2O3/c1-7-22(25(30)27-16(2)3)28(14-20-8-10-21(26)11-9-20)24(29)15-31-23-13-17(4)12-18(5)19(23)6/h8-13,16,22H,7,14-15H2,1-6H3,(H,27,30)/t22-/m1/s1. The molecular weight excluding hydrogens is 395 g/mol. The second-order valence-corrected chi connectivity index (χ2v) is 8.23. The molecule has 2 aromatic rings. The summed E-state index contributed by atoms with van der Waals surface area (Å²) in [5.74, 6) is -0.198. The Bertz CT molecular complexity index is 910. The SMILES string of the molecule is CC[C@H](C(=O)NC(C)C)N(Cc1ccc(F)cc1)C(=O)COc1cc(C)cc(C)c1C. The lowest BCUT2D eigenvalue weighted by Crippen LogP contribution is -2.51. The highest BCUT2D eigenvalue weighted by atomic mass is 19.1. The van der Waals surface area contributed by atoms with Crippen LogP contribution in [-0.2, 0) is 16.1 Å². The van der Waals surface area contributed by atoms with E-state index in [4.69, 9.17) is 4.74 Å². The zero-order valence-electron chi connectivity index (χ0n) is 19.3. The Hall–Kier alpha value is -2.89. The van der Waals surface area contributed by atoms with Gasteiger partial charge in [-0.3, -0.25) is 9.59 Å². The van der Waals surface area contributed by atoms with E-state index in [0.717, 1.165) is 22.3 Å². The first-order valence-electron chi connectivity index (χ1n) is 10.7. The minimum atomic E-state index is -0.649. The zero-order chi connectivity index (χ0) is 23.1. The van der Waals surface area contributed by atoms with Crippen molar-refractivity contribution in [2.24, 2.45) is 0 Å². The summed E-state index contributed by atoms with van der Waals surface area (Å²) >= 11 is 0. The summed E-state index contributed by atoms with van der Waals surface area (Å²) in [5, 5.41) is 2.89. The van der Waals surface area contributed by atoms with Gasteiger partial charge in [0, 0.05) is 12.6 Å². The maximum absolute atomic E-state index is 13.3.